The molecule has 0 aliphatic heterocycles. The molecule has 6 heteroatoms. The minimum atomic E-state index is -0.363. The number of nitrogens with zero attached hydrogens (tertiary/aromatic N) is 2. The molecule has 0 aliphatic rings. The number of nitrogens with one attached hydrogen (secondary N) is 1. The van der Waals surface area contributed by atoms with Crippen molar-refractivity contribution in [1.29, 1.82) is 0 Å². The third-order valence-electron chi connectivity index (χ3n) is 3.34. The van der Waals surface area contributed by atoms with E-state index in [4.69, 9.17) is 23.2 Å². The molecule has 0 bridgehead atoms. The lowest BCUT2D eigenvalue weighted by Gasteiger charge is -2.21. The molecule has 0 fully saturated rings. The summed E-state index contributed by atoms with van der Waals surface area (Å²) in [4.78, 5) is 18.2. The first kappa shape index (κ1) is 15.9. The summed E-state index contributed by atoms with van der Waals surface area (Å²) in [5.74, 6) is 0.605. The number of hydrogen-bond acceptors (Lipinski definition) is 3. The summed E-state index contributed by atoms with van der Waals surface area (Å²) in [5, 5.41) is 4.87. The first-order chi connectivity index (χ1) is 9.93. The van der Waals surface area contributed by atoms with Gasteiger partial charge in [-0.2, -0.15) is 0 Å². The fourth-order valence-corrected chi connectivity index (χ4v) is 2.35. The molecule has 1 amide bonds. The summed E-state index contributed by atoms with van der Waals surface area (Å²) in [6.45, 7) is 4.40. The van der Waals surface area contributed by atoms with Crippen LogP contribution in [0.4, 0.5) is 5.82 Å². The number of fused-ring (bicyclic) bond motifs is 1. The first-order valence-electron chi connectivity index (χ1n) is 6.70. The summed E-state index contributed by atoms with van der Waals surface area (Å²) in [5.41, 5.74) is 0.623. The van der Waals surface area contributed by atoms with E-state index in [0.717, 1.165) is 5.39 Å². The van der Waals surface area contributed by atoms with Crippen molar-refractivity contribution in [2.75, 3.05) is 18.9 Å². The zero-order chi connectivity index (χ0) is 15.6. The average Bonchev–Trinajstić information content (AvgIpc) is 2.49. The van der Waals surface area contributed by atoms with E-state index < -0.39 is 0 Å². The molecule has 0 saturated carbocycles. The smallest absolute Gasteiger partial charge is 0.244 e. The minimum Gasteiger partial charge on any atom is -0.359 e. The molecule has 112 valence electrons. The number of aromatic nitrogens is 1. The van der Waals surface area contributed by atoms with Gasteiger partial charge in [-0.25, -0.2) is 4.98 Å². The van der Waals surface area contributed by atoms with Gasteiger partial charge in [0.2, 0.25) is 5.91 Å². The highest BCUT2D eigenvalue weighted by atomic mass is 35.5. The number of carbonyl (C=O) groups is 1. The number of anilines is 1. The lowest BCUT2D eigenvalue weighted by Crippen LogP contribution is -2.39. The van der Waals surface area contributed by atoms with Crippen LogP contribution in [-0.4, -0.2) is 35.4 Å². The molecule has 1 aromatic carbocycles. The Morgan fingerprint density at radius 3 is 2.67 bits per heavy atom. The molecule has 1 unspecified atom stereocenters. The van der Waals surface area contributed by atoms with Crippen molar-refractivity contribution >= 4 is 45.8 Å². The van der Waals surface area contributed by atoms with Gasteiger partial charge in [-0.15, -0.1) is 0 Å². The molecule has 0 radical (unpaired) electrons. The molecule has 1 atom stereocenters. The van der Waals surface area contributed by atoms with Crippen molar-refractivity contribution in [1.82, 2.24) is 9.88 Å². The second-order valence-electron chi connectivity index (χ2n) is 4.85. The van der Waals surface area contributed by atoms with Crippen LogP contribution in [0.25, 0.3) is 10.9 Å². The number of pyridine rings is 1. The maximum atomic E-state index is 12.1. The number of hydrogen-bond donors (Lipinski definition) is 1. The average molecular weight is 326 g/mol. The van der Waals surface area contributed by atoms with Gasteiger partial charge in [0, 0.05) is 19.0 Å². The molecule has 1 heterocycles. The maximum absolute atomic E-state index is 12.1. The molecule has 4 nitrogen and oxygen atoms in total. The predicted octanol–water partition coefficient (Wildman–Crippen LogP) is 3.82. The van der Waals surface area contributed by atoms with E-state index in [9.17, 15) is 4.79 Å². The monoisotopic (exact) mass is 325 g/mol. The number of rotatable bonds is 4. The number of amides is 1. The number of carbonyl (C=O) groups excluding carboxylic acids is 1. The summed E-state index contributed by atoms with van der Waals surface area (Å²) in [6.07, 6.45) is 0. The largest absolute Gasteiger partial charge is 0.359 e. The molecule has 0 saturated heterocycles. The Bertz CT molecular complexity index is 675. The number of likely N-dealkylation sites (N-methyl/N-ethyl adjacent to an activating group) is 1. The Morgan fingerprint density at radius 1 is 1.33 bits per heavy atom. The highest BCUT2D eigenvalue weighted by Gasteiger charge is 2.16. The molecule has 2 aromatic rings. The molecular weight excluding hydrogens is 309 g/mol. The topological polar surface area (TPSA) is 45.2 Å². The van der Waals surface area contributed by atoms with Crippen LogP contribution in [0.15, 0.2) is 24.3 Å². The molecule has 2 rings (SSSR count). The lowest BCUT2D eigenvalue weighted by atomic mass is 10.2. The Kier molecular flexibility index (Phi) is 4.91. The lowest BCUT2D eigenvalue weighted by molar-refractivity contribution is -0.130. The Morgan fingerprint density at radius 2 is 2.00 bits per heavy atom. The van der Waals surface area contributed by atoms with Crippen LogP contribution >= 0.6 is 23.2 Å². The van der Waals surface area contributed by atoms with E-state index >= 15 is 0 Å². The molecule has 1 aromatic heterocycles. The van der Waals surface area contributed by atoms with E-state index in [-0.39, 0.29) is 11.9 Å². The molecule has 1 N–H and O–H groups in total. The molecular formula is C15H17Cl2N3O. The van der Waals surface area contributed by atoms with Crippen LogP contribution in [0.2, 0.25) is 10.0 Å². The summed E-state index contributed by atoms with van der Waals surface area (Å²) >= 11 is 12.2. The van der Waals surface area contributed by atoms with Crippen molar-refractivity contribution < 1.29 is 4.79 Å². The Labute approximate surface area is 134 Å². The van der Waals surface area contributed by atoms with Gasteiger partial charge < -0.3 is 10.2 Å². The second-order valence-corrected chi connectivity index (χ2v) is 5.63. The van der Waals surface area contributed by atoms with Crippen LogP contribution in [-0.2, 0) is 4.79 Å². The van der Waals surface area contributed by atoms with E-state index in [1.165, 1.54) is 0 Å². The third-order valence-corrected chi connectivity index (χ3v) is 4.13. The van der Waals surface area contributed by atoms with E-state index in [1.807, 2.05) is 25.1 Å². The van der Waals surface area contributed by atoms with Crippen LogP contribution in [0.1, 0.15) is 13.8 Å². The predicted molar refractivity (Wildman–Crippen MR) is 88.2 cm³/mol. The van der Waals surface area contributed by atoms with Crippen molar-refractivity contribution in [3.63, 3.8) is 0 Å². The van der Waals surface area contributed by atoms with Crippen molar-refractivity contribution in [2.45, 2.75) is 19.9 Å². The zero-order valence-electron chi connectivity index (χ0n) is 12.2. The van der Waals surface area contributed by atoms with Crippen LogP contribution in [0, 0.1) is 0 Å². The second kappa shape index (κ2) is 6.50. The minimum absolute atomic E-state index is 0.0107. The van der Waals surface area contributed by atoms with Gasteiger partial charge in [-0.1, -0.05) is 29.3 Å². The highest BCUT2D eigenvalue weighted by Crippen LogP contribution is 2.30. The fourth-order valence-electron chi connectivity index (χ4n) is 1.98. The van der Waals surface area contributed by atoms with Gasteiger partial charge in [0.1, 0.15) is 11.9 Å². The van der Waals surface area contributed by atoms with Gasteiger partial charge in [0.15, 0.2) is 0 Å². The maximum Gasteiger partial charge on any atom is 0.244 e. The zero-order valence-corrected chi connectivity index (χ0v) is 13.7. The SMILES string of the molecule is CCN(C)C(=O)C(C)Nc1ccc2ccc(Cl)c(Cl)c2n1. The van der Waals surface area contributed by atoms with Gasteiger partial charge in [-0.05, 0) is 32.0 Å². The summed E-state index contributed by atoms with van der Waals surface area (Å²) < 4.78 is 0. The van der Waals surface area contributed by atoms with Crippen molar-refractivity contribution in [3.8, 4) is 0 Å². The van der Waals surface area contributed by atoms with Gasteiger partial charge in [0.25, 0.3) is 0 Å². The van der Waals surface area contributed by atoms with Gasteiger partial charge in [-0.3, -0.25) is 4.79 Å². The fraction of sp³-hybridized carbons (Fsp3) is 0.333. The molecule has 0 spiro atoms. The van der Waals surface area contributed by atoms with E-state index in [0.29, 0.717) is 27.9 Å². The Balaban J connectivity index is 2.27. The summed E-state index contributed by atoms with van der Waals surface area (Å²) in [6, 6.07) is 6.96. The van der Waals surface area contributed by atoms with E-state index in [2.05, 4.69) is 10.3 Å². The van der Waals surface area contributed by atoms with Gasteiger partial charge >= 0.3 is 0 Å². The molecule has 0 aliphatic carbocycles. The number of benzene rings is 1. The highest BCUT2D eigenvalue weighted by molar-refractivity contribution is 6.45. The van der Waals surface area contributed by atoms with Crippen LogP contribution in [0.5, 0.6) is 0 Å². The number of halogens is 2. The van der Waals surface area contributed by atoms with Crippen molar-refractivity contribution in [2.24, 2.45) is 0 Å². The first-order valence-corrected chi connectivity index (χ1v) is 7.46. The Hall–Kier alpha value is -1.52. The standard InChI is InChI=1S/C15H17Cl2N3O/c1-4-20(3)15(21)9(2)18-12-8-6-10-5-7-11(16)13(17)14(10)19-12/h5-9H,4H2,1-3H3,(H,18,19). The quantitative estimate of drug-likeness (QED) is 0.929. The summed E-state index contributed by atoms with van der Waals surface area (Å²) in [7, 11) is 1.77. The van der Waals surface area contributed by atoms with Crippen molar-refractivity contribution in [3.05, 3.63) is 34.3 Å². The molecule has 21 heavy (non-hydrogen) atoms. The van der Waals surface area contributed by atoms with Crippen LogP contribution < -0.4 is 5.32 Å². The van der Waals surface area contributed by atoms with E-state index in [1.54, 1.807) is 24.9 Å². The third kappa shape index (κ3) is 3.39. The van der Waals surface area contributed by atoms with Crippen LogP contribution in [0.3, 0.4) is 0 Å². The van der Waals surface area contributed by atoms with Gasteiger partial charge in [0.05, 0.1) is 15.6 Å². The normalized spacial score (nSPS) is 12.2.